The Morgan fingerprint density at radius 1 is 1.22 bits per heavy atom. The average molecular weight is 126 g/mol. The minimum absolute atomic E-state index is 0.0122. The molecule has 1 aliphatic carbocycles. The molecule has 1 aliphatic rings. The summed E-state index contributed by atoms with van der Waals surface area (Å²) in [5, 5.41) is 3.63. The topological polar surface area (TPSA) is 36.2 Å². The molecule has 0 saturated heterocycles. The molecule has 1 rings (SSSR count). The van der Waals surface area contributed by atoms with E-state index in [0.717, 1.165) is 12.8 Å². The highest BCUT2D eigenvalue weighted by Gasteiger charge is 2.25. The fourth-order valence-corrected chi connectivity index (χ4v) is 1.43. The van der Waals surface area contributed by atoms with Gasteiger partial charge in [0, 0.05) is 0 Å². The van der Waals surface area contributed by atoms with Gasteiger partial charge in [0.15, 0.2) is 0 Å². The summed E-state index contributed by atoms with van der Waals surface area (Å²) in [6.45, 7) is 2.08. The Hall–Kier alpha value is -0.400. The molecule has 52 valence electrons. The second-order valence-electron chi connectivity index (χ2n) is 3.17. The number of hydrogen-bond donors (Lipinski definition) is 1. The van der Waals surface area contributed by atoms with E-state index in [-0.39, 0.29) is 5.54 Å². The first-order chi connectivity index (χ1) is 4.27. The quantitative estimate of drug-likeness (QED) is 0.524. The van der Waals surface area contributed by atoms with Gasteiger partial charge in [-0.05, 0) is 19.8 Å². The first-order valence-electron chi connectivity index (χ1n) is 3.65. The molecular formula is C7H14N2. The maximum atomic E-state index is 6.92. The molecule has 0 aromatic rings. The lowest BCUT2D eigenvalue weighted by Gasteiger charge is -2.27. The van der Waals surface area contributed by atoms with Gasteiger partial charge in [-0.2, -0.15) is 5.11 Å². The SMILES string of the molecule is CC1(N=N)CCCCC1. The summed E-state index contributed by atoms with van der Waals surface area (Å²) in [5.41, 5.74) is 6.93. The summed E-state index contributed by atoms with van der Waals surface area (Å²) in [7, 11) is 0. The van der Waals surface area contributed by atoms with Gasteiger partial charge in [0.05, 0.1) is 5.54 Å². The summed E-state index contributed by atoms with van der Waals surface area (Å²) in [4.78, 5) is 0. The summed E-state index contributed by atoms with van der Waals surface area (Å²) in [5.74, 6) is 0. The predicted octanol–water partition coefficient (Wildman–Crippen LogP) is 2.74. The molecule has 2 heteroatoms. The average Bonchev–Trinajstić information content (AvgIpc) is 1.90. The second kappa shape index (κ2) is 2.46. The van der Waals surface area contributed by atoms with Crippen molar-refractivity contribution in [3.8, 4) is 0 Å². The van der Waals surface area contributed by atoms with Crippen LogP contribution in [0.3, 0.4) is 0 Å². The van der Waals surface area contributed by atoms with Gasteiger partial charge < -0.3 is 0 Å². The van der Waals surface area contributed by atoms with Crippen LogP contribution in [-0.4, -0.2) is 5.54 Å². The Balaban J connectivity index is 2.46. The molecule has 0 spiro atoms. The second-order valence-corrected chi connectivity index (χ2v) is 3.17. The van der Waals surface area contributed by atoms with Gasteiger partial charge in [0.1, 0.15) is 0 Å². The van der Waals surface area contributed by atoms with Crippen LogP contribution in [0.5, 0.6) is 0 Å². The molecule has 1 saturated carbocycles. The van der Waals surface area contributed by atoms with Crippen LogP contribution in [0.25, 0.3) is 0 Å². The molecule has 0 heterocycles. The Kier molecular flexibility index (Phi) is 1.84. The molecule has 0 bridgehead atoms. The largest absolute Gasteiger partial charge is 0.209 e. The standard InChI is InChI=1S/C7H14N2/c1-7(9-8)5-3-2-4-6-7/h8H,2-6H2,1H3. The minimum Gasteiger partial charge on any atom is -0.209 e. The number of nitrogens with one attached hydrogen (secondary N) is 1. The third kappa shape index (κ3) is 1.50. The van der Waals surface area contributed by atoms with Crippen molar-refractivity contribution in [2.45, 2.75) is 44.6 Å². The normalized spacial score (nSPS) is 25.4. The summed E-state index contributed by atoms with van der Waals surface area (Å²) in [6.07, 6.45) is 6.11. The minimum atomic E-state index is 0.0122. The van der Waals surface area contributed by atoms with E-state index in [1.807, 2.05) is 0 Å². The molecule has 0 unspecified atom stereocenters. The first-order valence-corrected chi connectivity index (χ1v) is 3.65. The fraction of sp³-hybridized carbons (Fsp3) is 1.00. The van der Waals surface area contributed by atoms with Crippen molar-refractivity contribution in [3.05, 3.63) is 0 Å². The van der Waals surface area contributed by atoms with E-state index in [1.165, 1.54) is 19.3 Å². The maximum Gasteiger partial charge on any atom is 0.0785 e. The van der Waals surface area contributed by atoms with E-state index in [9.17, 15) is 0 Å². The highest BCUT2D eigenvalue weighted by Crippen LogP contribution is 2.30. The van der Waals surface area contributed by atoms with E-state index in [0.29, 0.717) is 0 Å². The third-order valence-electron chi connectivity index (χ3n) is 2.20. The van der Waals surface area contributed by atoms with Crippen molar-refractivity contribution < 1.29 is 0 Å². The molecule has 0 amide bonds. The maximum absolute atomic E-state index is 6.92. The van der Waals surface area contributed by atoms with E-state index < -0.39 is 0 Å². The molecule has 0 aromatic heterocycles. The fourth-order valence-electron chi connectivity index (χ4n) is 1.43. The smallest absolute Gasteiger partial charge is 0.0785 e. The van der Waals surface area contributed by atoms with Gasteiger partial charge in [-0.1, -0.05) is 19.3 Å². The Labute approximate surface area is 56.2 Å². The monoisotopic (exact) mass is 126 g/mol. The van der Waals surface area contributed by atoms with Crippen molar-refractivity contribution >= 4 is 0 Å². The van der Waals surface area contributed by atoms with Crippen molar-refractivity contribution in [1.82, 2.24) is 0 Å². The lowest BCUT2D eigenvalue weighted by Crippen LogP contribution is -2.23. The van der Waals surface area contributed by atoms with Gasteiger partial charge in [-0.15, -0.1) is 0 Å². The summed E-state index contributed by atoms with van der Waals surface area (Å²) < 4.78 is 0. The Morgan fingerprint density at radius 3 is 2.11 bits per heavy atom. The van der Waals surface area contributed by atoms with Gasteiger partial charge in [0.25, 0.3) is 0 Å². The van der Waals surface area contributed by atoms with E-state index in [2.05, 4.69) is 12.0 Å². The highest BCUT2D eigenvalue weighted by atomic mass is 15.0. The van der Waals surface area contributed by atoms with E-state index in [1.54, 1.807) is 0 Å². The van der Waals surface area contributed by atoms with Gasteiger partial charge in [-0.25, -0.2) is 5.53 Å². The summed E-state index contributed by atoms with van der Waals surface area (Å²) >= 11 is 0. The molecule has 0 aliphatic heterocycles. The van der Waals surface area contributed by atoms with Crippen LogP contribution in [0.15, 0.2) is 5.11 Å². The molecule has 0 atom stereocenters. The van der Waals surface area contributed by atoms with E-state index >= 15 is 0 Å². The van der Waals surface area contributed by atoms with Gasteiger partial charge >= 0.3 is 0 Å². The predicted molar refractivity (Wildman–Crippen MR) is 36.6 cm³/mol. The van der Waals surface area contributed by atoms with Crippen molar-refractivity contribution in [1.29, 1.82) is 5.53 Å². The molecular weight excluding hydrogens is 112 g/mol. The Bertz CT molecular complexity index is 103. The van der Waals surface area contributed by atoms with Gasteiger partial charge in [0.2, 0.25) is 0 Å². The number of nitrogens with zero attached hydrogens (tertiary/aromatic N) is 1. The van der Waals surface area contributed by atoms with Crippen LogP contribution >= 0.6 is 0 Å². The highest BCUT2D eigenvalue weighted by molar-refractivity contribution is 4.83. The zero-order valence-corrected chi connectivity index (χ0v) is 5.98. The summed E-state index contributed by atoms with van der Waals surface area (Å²) in [6, 6.07) is 0. The number of rotatable bonds is 1. The lowest BCUT2D eigenvalue weighted by molar-refractivity contribution is 0.307. The van der Waals surface area contributed by atoms with Gasteiger partial charge in [-0.3, -0.25) is 0 Å². The number of hydrogen-bond acceptors (Lipinski definition) is 2. The van der Waals surface area contributed by atoms with Crippen LogP contribution in [0.4, 0.5) is 0 Å². The molecule has 0 aromatic carbocycles. The molecule has 2 nitrogen and oxygen atoms in total. The molecule has 0 radical (unpaired) electrons. The van der Waals surface area contributed by atoms with Crippen molar-refractivity contribution in [3.63, 3.8) is 0 Å². The Morgan fingerprint density at radius 2 is 1.78 bits per heavy atom. The molecule has 9 heavy (non-hydrogen) atoms. The zero-order chi connectivity index (χ0) is 6.74. The zero-order valence-electron chi connectivity index (χ0n) is 5.98. The van der Waals surface area contributed by atoms with E-state index in [4.69, 9.17) is 5.53 Å². The van der Waals surface area contributed by atoms with Crippen molar-refractivity contribution in [2.24, 2.45) is 5.11 Å². The van der Waals surface area contributed by atoms with Crippen LogP contribution in [0.1, 0.15) is 39.0 Å². The molecule has 1 fully saturated rings. The third-order valence-corrected chi connectivity index (χ3v) is 2.20. The first kappa shape index (κ1) is 6.72. The van der Waals surface area contributed by atoms with Crippen molar-refractivity contribution in [2.75, 3.05) is 0 Å². The lowest BCUT2D eigenvalue weighted by atomic mass is 9.84. The van der Waals surface area contributed by atoms with Crippen LogP contribution in [0.2, 0.25) is 0 Å². The van der Waals surface area contributed by atoms with Crippen LogP contribution in [0, 0.1) is 5.53 Å². The van der Waals surface area contributed by atoms with Crippen LogP contribution < -0.4 is 0 Å². The van der Waals surface area contributed by atoms with Crippen LogP contribution in [-0.2, 0) is 0 Å². The molecule has 1 N–H and O–H groups in total.